The molecule has 1 aromatic rings. The summed E-state index contributed by atoms with van der Waals surface area (Å²) in [5, 5.41) is 3.51. The predicted molar refractivity (Wildman–Crippen MR) is 75.1 cm³/mol. The van der Waals surface area contributed by atoms with E-state index in [-0.39, 0.29) is 0 Å². The lowest BCUT2D eigenvalue weighted by Gasteiger charge is -2.36. The Labute approximate surface area is 115 Å². The number of aromatic nitrogens is 1. The van der Waals surface area contributed by atoms with E-state index in [1.54, 1.807) is 16.7 Å². The summed E-state index contributed by atoms with van der Waals surface area (Å²) in [4.78, 5) is 3.99. The number of hydrogen-bond acceptors (Lipinski definition) is 4. The van der Waals surface area contributed by atoms with Gasteiger partial charge in [0, 0.05) is 38.1 Å². The standard InChI is InChI=1S/C13H21N3O2S/c1-11-10-16(19(2,17)18)8-5-13(11)15-9-12-3-6-14-7-4-12/h3-4,6-7,11,13,15H,5,8-10H2,1-2H3. The average molecular weight is 283 g/mol. The summed E-state index contributed by atoms with van der Waals surface area (Å²) in [6, 6.07) is 4.35. The quantitative estimate of drug-likeness (QED) is 0.889. The third kappa shape index (κ3) is 3.99. The molecule has 1 fully saturated rings. The van der Waals surface area contributed by atoms with E-state index in [1.165, 1.54) is 11.8 Å². The van der Waals surface area contributed by atoms with Crippen LogP contribution in [0.15, 0.2) is 24.5 Å². The van der Waals surface area contributed by atoms with Gasteiger partial charge in [-0.15, -0.1) is 0 Å². The zero-order valence-corrected chi connectivity index (χ0v) is 12.2. The second-order valence-electron chi connectivity index (χ2n) is 5.23. The second-order valence-corrected chi connectivity index (χ2v) is 7.21. The first kappa shape index (κ1) is 14.4. The molecule has 0 spiro atoms. The van der Waals surface area contributed by atoms with Crippen molar-refractivity contribution in [1.29, 1.82) is 0 Å². The Morgan fingerprint density at radius 1 is 1.42 bits per heavy atom. The third-order valence-corrected chi connectivity index (χ3v) is 4.92. The molecule has 1 saturated heterocycles. The summed E-state index contributed by atoms with van der Waals surface area (Å²) in [6.07, 6.45) is 5.71. The van der Waals surface area contributed by atoms with Gasteiger partial charge in [-0.25, -0.2) is 12.7 Å². The highest BCUT2D eigenvalue weighted by atomic mass is 32.2. The number of rotatable bonds is 4. The minimum atomic E-state index is -3.05. The van der Waals surface area contributed by atoms with E-state index >= 15 is 0 Å². The van der Waals surface area contributed by atoms with Crippen LogP contribution < -0.4 is 5.32 Å². The van der Waals surface area contributed by atoms with Gasteiger partial charge in [-0.05, 0) is 30.0 Å². The molecule has 0 aliphatic carbocycles. The van der Waals surface area contributed by atoms with Crippen LogP contribution in [0.25, 0.3) is 0 Å². The second kappa shape index (κ2) is 5.98. The summed E-state index contributed by atoms with van der Waals surface area (Å²) in [5.74, 6) is 0.324. The minimum absolute atomic E-state index is 0.324. The monoisotopic (exact) mass is 283 g/mol. The van der Waals surface area contributed by atoms with E-state index in [1.807, 2.05) is 12.1 Å². The highest BCUT2D eigenvalue weighted by Crippen LogP contribution is 2.19. The van der Waals surface area contributed by atoms with Gasteiger partial charge in [0.25, 0.3) is 0 Å². The molecule has 2 atom stereocenters. The van der Waals surface area contributed by atoms with Crippen molar-refractivity contribution in [2.24, 2.45) is 5.92 Å². The molecular weight excluding hydrogens is 262 g/mol. The van der Waals surface area contributed by atoms with E-state index in [0.29, 0.717) is 25.0 Å². The first-order valence-corrected chi connectivity index (χ1v) is 8.39. The maximum Gasteiger partial charge on any atom is 0.211 e. The lowest BCUT2D eigenvalue weighted by atomic mass is 9.95. The molecule has 0 radical (unpaired) electrons. The van der Waals surface area contributed by atoms with Crippen LogP contribution in [-0.4, -0.2) is 43.1 Å². The van der Waals surface area contributed by atoms with Crippen LogP contribution >= 0.6 is 0 Å². The van der Waals surface area contributed by atoms with Crippen LogP contribution in [0.1, 0.15) is 18.9 Å². The molecule has 6 heteroatoms. The molecule has 1 aliphatic rings. The SMILES string of the molecule is CC1CN(S(C)(=O)=O)CCC1NCc1ccncc1. The summed E-state index contributed by atoms with van der Waals surface area (Å²) < 4.78 is 24.6. The Kier molecular flexibility index (Phi) is 4.54. The summed E-state index contributed by atoms with van der Waals surface area (Å²) in [7, 11) is -3.05. The zero-order chi connectivity index (χ0) is 13.9. The van der Waals surface area contributed by atoms with Crippen LogP contribution in [0, 0.1) is 5.92 Å². The van der Waals surface area contributed by atoms with Crippen molar-refractivity contribution in [1.82, 2.24) is 14.6 Å². The van der Waals surface area contributed by atoms with Crippen LogP contribution in [0.4, 0.5) is 0 Å². The predicted octanol–water partition coefficient (Wildman–Crippen LogP) is 0.841. The fourth-order valence-corrected chi connectivity index (χ4v) is 3.40. The number of piperidine rings is 1. The number of sulfonamides is 1. The van der Waals surface area contributed by atoms with Gasteiger partial charge in [-0.2, -0.15) is 0 Å². The fraction of sp³-hybridized carbons (Fsp3) is 0.615. The highest BCUT2D eigenvalue weighted by molar-refractivity contribution is 7.88. The normalized spacial score (nSPS) is 25.4. The molecule has 1 N–H and O–H groups in total. The molecule has 2 unspecified atom stereocenters. The van der Waals surface area contributed by atoms with Crippen molar-refractivity contribution in [3.63, 3.8) is 0 Å². The molecule has 0 aromatic carbocycles. The Morgan fingerprint density at radius 2 is 2.11 bits per heavy atom. The largest absolute Gasteiger partial charge is 0.310 e. The molecule has 0 bridgehead atoms. The molecule has 0 amide bonds. The van der Waals surface area contributed by atoms with Crippen LogP contribution in [-0.2, 0) is 16.6 Å². The van der Waals surface area contributed by atoms with E-state index in [4.69, 9.17) is 0 Å². The van der Waals surface area contributed by atoms with Crippen molar-refractivity contribution < 1.29 is 8.42 Å². The van der Waals surface area contributed by atoms with Crippen molar-refractivity contribution in [3.8, 4) is 0 Å². The maximum atomic E-state index is 11.5. The summed E-state index contributed by atoms with van der Waals surface area (Å²) in [5.41, 5.74) is 1.20. The zero-order valence-electron chi connectivity index (χ0n) is 11.4. The van der Waals surface area contributed by atoms with Gasteiger partial charge < -0.3 is 5.32 Å². The first-order valence-electron chi connectivity index (χ1n) is 6.54. The minimum Gasteiger partial charge on any atom is -0.310 e. The highest BCUT2D eigenvalue weighted by Gasteiger charge is 2.29. The van der Waals surface area contributed by atoms with E-state index < -0.39 is 10.0 Å². The van der Waals surface area contributed by atoms with Crippen molar-refractivity contribution >= 4 is 10.0 Å². The third-order valence-electron chi connectivity index (χ3n) is 3.65. The Hall–Kier alpha value is -0.980. The molecule has 1 aliphatic heterocycles. The summed E-state index contributed by atoms with van der Waals surface area (Å²) >= 11 is 0. The Bertz CT molecular complexity index is 504. The van der Waals surface area contributed by atoms with Crippen LogP contribution in [0.2, 0.25) is 0 Å². The van der Waals surface area contributed by atoms with Gasteiger partial charge in [-0.1, -0.05) is 6.92 Å². The molecule has 19 heavy (non-hydrogen) atoms. The van der Waals surface area contributed by atoms with Gasteiger partial charge in [0.15, 0.2) is 0 Å². The Balaban J connectivity index is 1.87. The molecule has 2 heterocycles. The molecule has 106 valence electrons. The number of hydrogen-bond donors (Lipinski definition) is 1. The molecular formula is C13H21N3O2S. The van der Waals surface area contributed by atoms with Gasteiger partial charge >= 0.3 is 0 Å². The fourth-order valence-electron chi connectivity index (χ4n) is 2.46. The maximum absolute atomic E-state index is 11.5. The average Bonchev–Trinajstić information content (AvgIpc) is 2.37. The molecule has 0 saturated carbocycles. The van der Waals surface area contributed by atoms with Gasteiger partial charge in [0.1, 0.15) is 0 Å². The smallest absolute Gasteiger partial charge is 0.211 e. The number of nitrogens with zero attached hydrogens (tertiary/aromatic N) is 2. The van der Waals surface area contributed by atoms with Gasteiger partial charge in [0.2, 0.25) is 10.0 Å². The molecule has 5 nitrogen and oxygen atoms in total. The van der Waals surface area contributed by atoms with Crippen LogP contribution in [0.3, 0.4) is 0 Å². The number of pyridine rings is 1. The lowest BCUT2D eigenvalue weighted by Crippen LogP contribution is -2.49. The number of nitrogens with one attached hydrogen (secondary N) is 1. The van der Waals surface area contributed by atoms with Crippen LogP contribution in [0.5, 0.6) is 0 Å². The van der Waals surface area contributed by atoms with Gasteiger partial charge in [0.05, 0.1) is 6.26 Å². The van der Waals surface area contributed by atoms with Crippen molar-refractivity contribution in [2.75, 3.05) is 19.3 Å². The summed E-state index contributed by atoms with van der Waals surface area (Å²) in [6.45, 7) is 4.11. The van der Waals surface area contributed by atoms with E-state index in [2.05, 4.69) is 17.2 Å². The van der Waals surface area contributed by atoms with E-state index in [0.717, 1.165) is 13.0 Å². The first-order chi connectivity index (χ1) is 8.97. The van der Waals surface area contributed by atoms with Gasteiger partial charge in [-0.3, -0.25) is 4.98 Å². The topological polar surface area (TPSA) is 62.3 Å². The molecule has 1 aromatic heterocycles. The van der Waals surface area contributed by atoms with Crippen molar-refractivity contribution in [2.45, 2.75) is 25.9 Å². The lowest BCUT2D eigenvalue weighted by molar-refractivity contribution is 0.220. The van der Waals surface area contributed by atoms with E-state index in [9.17, 15) is 8.42 Å². The molecule has 2 rings (SSSR count). The van der Waals surface area contributed by atoms with Crippen molar-refractivity contribution in [3.05, 3.63) is 30.1 Å². The Morgan fingerprint density at radius 3 is 2.68 bits per heavy atom.